The highest BCUT2D eigenvalue weighted by Gasteiger charge is 2.14. The van der Waals surface area contributed by atoms with Crippen LogP contribution in [0.3, 0.4) is 0 Å². The van der Waals surface area contributed by atoms with Crippen LogP contribution in [0.25, 0.3) is 0 Å². The summed E-state index contributed by atoms with van der Waals surface area (Å²) in [6.45, 7) is 8.39. The van der Waals surface area contributed by atoms with Crippen molar-refractivity contribution in [3.63, 3.8) is 0 Å². The summed E-state index contributed by atoms with van der Waals surface area (Å²) in [4.78, 5) is 12.9. The maximum atomic E-state index is 10.9. The maximum Gasteiger partial charge on any atom is 0.226 e. The number of carboxylic acids is 1. The van der Waals surface area contributed by atoms with Gasteiger partial charge >= 0.3 is 0 Å². The van der Waals surface area contributed by atoms with E-state index in [1.807, 2.05) is 6.92 Å². The number of carboxylic acid groups (broad SMARTS) is 1. The van der Waals surface area contributed by atoms with Crippen molar-refractivity contribution in [1.82, 2.24) is 10.2 Å². The average molecular weight is 518 g/mol. The Hall–Kier alpha value is -1.54. The van der Waals surface area contributed by atoms with Crippen LogP contribution in [0.5, 0.6) is 0 Å². The molecule has 0 atom stereocenters. The van der Waals surface area contributed by atoms with Crippen molar-refractivity contribution in [3.8, 4) is 12.0 Å². The Kier molecular flexibility index (Phi) is 22.4. The number of hydrogen-bond donors (Lipinski definition) is 1. The number of nitrogens with zero attached hydrogens (tertiary/aromatic N) is 2. The molecule has 0 aromatic rings. The Morgan fingerprint density at radius 2 is 1.24 bits per heavy atom. The van der Waals surface area contributed by atoms with Crippen LogP contribution in [0.4, 0.5) is 0 Å². The summed E-state index contributed by atoms with van der Waals surface area (Å²) in [5.74, 6) is 2.02. The van der Waals surface area contributed by atoms with Crippen molar-refractivity contribution in [1.29, 1.82) is 0 Å². The molecule has 1 aliphatic rings. The topological polar surface area (TPSA) is 58.4 Å². The van der Waals surface area contributed by atoms with Crippen LogP contribution in [-0.2, 0) is 4.79 Å². The molecule has 1 heterocycles. The van der Waals surface area contributed by atoms with Crippen LogP contribution in [-0.4, -0.2) is 60.4 Å². The summed E-state index contributed by atoms with van der Waals surface area (Å²) >= 11 is 0. The fourth-order valence-electron chi connectivity index (χ4n) is 5.07. The summed E-state index contributed by atoms with van der Waals surface area (Å²) in [5, 5.41) is 14.4. The van der Waals surface area contributed by atoms with Crippen molar-refractivity contribution in [2.75, 3.05) is 39.3 Å². The third-order valence-corrected chi connectivity index (χ3v) is 7.59. The van der Waals surface area contributed by atoms with Gasteiger partial charge in [0, 0.05) is 32.0 Å². The van der Waals surface area contributed by atoms with Crippen molar-refractivity contribution in [2.45, 2.75) is 142 Å². The van der Waals surface area contributed by atoms with Gasteiger partial charge in [0.15, 0.2) is 13.1 Å². The lowest BCUT2D eigenvalue weighted by Crippen LogP contribution is -2.38. The number of carbonyl (C=O) groups is 1. The van der Waals surface area contributed by atoms with E-state index in [1.54, 1.807) is 4.58 Å². The number of aliphatic carboxylic acids is 1. The number of nitrogens with one attached hydrogen (secondary N) is 1. The molecule has 1 N–H and O–H groups in total. The second kappa shape index (κ2) is 24.8. The highest BCUT2D eigenvalue weighted by atomic mass is 16.4. The van der Waals surface area contributed by atoms with Gasteiger partial charge in [0.2, 0.25) is 5.71 Å². The molecule has 0 saturated heterocycles. The minimum atomic E-state index is -1.05. The molecular formula is C32H59N3O2. The molecular weight excluding hydrogens is 458 g/mol. The quantitative estimate of drug-likeness (QED) is 0.0882. The first kappa shape index (κ1) is 33.5. The number of carbonyl (C=O) groups excluding carboxylic acids is 1. The van der Waals surface area contributed by atoms with Gasteiger partial charge in [-0.15, -0.1) is 0 Å². The fourth-order valence-corrected chi connectivity index (χ4v) is 5.07. The minimum Gasteiger partial charge on any atom is -0.544 e. The van der Waals surface area contributed by atoms with Gasteiger partial charge < -0.3 is 20.1 Å². The molecule has 0 saturated carbocycles. The van der Waals surface area contributed by atoms with E-state index in [4.69, 9.17) is 0 Å². The summed E-state index contributed by atoms with van der Waals surface area (Å²) in [5.41, 5.74) is 0.809. The van der Waals surface area contributed by atoms with Crippen molar-refractivity contribution in [2.24, 2.45) is 0 Å². The van der Waals surface area contributed by atoms with E-state index >= 15 is 0 Å². The van der Waals surface area contributed by atoms with Crippen LogP contribution < -0.4 is 10.4 Å². The minimum absolute atomic E-state index is 0.0773. The molecule has 1 aliphatic heterocycles. The van der Waals surface area contributed by atoms with Gasteiger partial charge in [-0.3, -0.25) is 0 Å². The molecule has 1 rings (SSSR count). The van der Waals surface area contributed by atoms with E-state index in [0.717, 1.165) is 31.9 Å². The van der Waals surface area contributed by atoms with E-state index in [-0.39, 0.29) is 6.54 Å². The number of unbranched alkanes of at least 4 members (excludes halogenated alkanes) is 19. The molecule has 0 aromatic carbocycles. The average Bonchev–Trinajstić information content (AvgIpc) is 3.05. The molecule has 0 aliphatic carbocycles. The van der Waals surface area contributed by atoms with Crippen molar-refractivity contribution >= 4 is 11.7 Å². The lowest BCUT2D eigenvalue weighted by atomic mass is 10.0. The predicted octanol–water partition coefficient (Wildman–Crippen LogP) is 5.90. The summed E-state index contributed by atoms with van der Waals surface area (Å²) < 4.78 is 1.79. The molecule has 0 amide bonds. The van der Waals surface area contributed by atoms with Gasteiger partial charge in [-0.2, -0.15) is 0 Å². The lowest BCUT2D eigenvalue weighted by molar-refractivity contribution is -0.526. The molecule has 0 radical (unpaired) electrons. The second-order valence-electron chi connectivity index (χ2n) is 11.1. The summed E-state index contributed by atoms with van der Waals surface area (Å²) in [6.07, 6.45) is 28.4. The standard InChI is InChI=1S/C32H59N3O2/c1-3-4-5-6-7-8-9-10-11-12-13-14-15-16-17-18-19-20-21-22-24-33-25-27-34-26-23-31(2)35(29-28-34)30-32(36)37/h33H,3-22,24-25,27-30H2,1-2H3. The smallest absolute Gasteiger partial charge is 0.226 e. The summed E-state index contributed by atoms with van der Waals surface area (Å²) in [6, 6.07) is 3.15. The first-order chi connectivity index (χ1) is 18.1. The Bertz CT molecular complexity index is 650. The van der Waals surface area contributed by atoms with Crippen LogP contribution in [0, 0.1) is 12.0 Å². The van der Waals surface area contributed by atoms with E-state index in [0.29, 0.717) is 6.54 Å². The molecule has 0 aromatic heterocycles. The van der Waals surface area contributed by atoms with Crippen LogP contribution in [0.1, 0.15) is 142 Å². The predicted molar refractivity (Wildman–Crippen MR) is 156 cm³/mol. The van der Waals surface area contributed by atoms with E-state index in [9.17, 15) is 9.90 Å². The summed E-state index contributed by atoms with van der Waals surface area (Å²) in [7, 11) is 0. The van der Waals surface area contributed by atoms with E-state index in [2.05, 4.69) is 29.1 Å². The van der Waals surface area contributed by atoms with Crippen molar-refractivity contribution < 1.29 is 14.5 Å². The zero-order chi connectivity index (χ0) is 26.8. The van der Waals surface area contributed by atoms with Crippen LogP contribution >= 0.6 is 0 Å². The Morgan fingerprint density at radius 3 is 1.70 bits per heavy atom. The normalized spacial score (nSPS) is 13.5. The number of rotatable bonds is 26. The van der Waals surface area contributed by atoms with Gasteiger partial charge in [-0.05, 0) is 13.0 Å². The third kappa shape index (κ3) is 21.1. The molecule has 214 valence electrons. The maximum absolute atomic E-state index is 10.9. The van der Waals surface area contributed by atoms with Crippen LogP contribution in [0.2, 0.25) is 0 Å². The molecule has 0 spiro atoms. The van der Waals surface area contributed by atoms with Crippen LogP contribution in [0.15, 0.2) is 0 Å². The Morgan fingerprint density at radius 1 is 0.784 bits per heavy atom. The molecule has 0 fully saturated rings. The molecule has 37 heavy (non-hydrogen) atoms. The van der Waals surface area contributed by atoms with Gasteiger partial charge in [0.25, 0.3) is 0 Å². The lowest BCUT2D eigenvalue weighted by Gasteiger charge is -2.16. The molecule has 5 heteroatoms. The fraction of sp³-hybridized carbons (Fsp3) is 0.875. The zero-order valence-electron chi connectivity index (χ0n) is 24.6. The molecule has 5 nitrogen and oxygen atoms in total. The third-order valence-electron chi connectivity index (χ3n) is 7.59. The molecule has 0 bridgehead atoms. The van der Waals surface area contributed by atoms with Gasteiger partial charge in [0.1, 0.15) is 5.97 Å². The van der Waals surface area contributed by atoms with Gasteiger partial charge in [-0.1, -0.05) is 129 Å². The highest BCUT2D eigenvalue weighted by Crippen LogP contribution is 2.14. The largest absolute Gasteiger partial charge is 0.544 e. The SMILES string of the molecule is CCCCCCCCCCCCCCCCCCCCCCNCCN1C#CC(C)=[N+](CC(=O)[O-])CC1. The highest BCUT2D eigenvalue weighted by molar-refractivity contribution is 5.94. The van der Waals surface area contributed by atoms with Crippen molar-refractivity contribution in [3.05, 3.63) is 0 Å². The Balaban J connectivity index is 1.77. The monoisotopic (exact) mass is 517 g/mol. The Labute approximate surface area is 229 Å². The van der Waals surface area contributed by atoms with E-state index < -0.39 is 5.97 Å². The second-order valence-corrected chi connectivity index (χ2v) is 11.1. The first-order valence-electron chi connectivity index (χ1n) is 15.9. The molecule has 0 unspecified atom stereocenters. The van der Waals surface area contributed by atoms with Gasteiger partial charge in [0.05, 0.1) is 6.54 Å². The van der Waals surface area contributed by atoms with E-state index in [1.165, 1.54) is 128 Å². The van der Waals surface area contributed by atoms with Gasteiger partial charge in [-0.25, -0.2) is 4.58 Å². The first-order valence-corrected chi connectivity index (χ1v) is 15.9. The number of hydrogen-bond acceptors (Lipinski definition) is 4. The zero-order valence-corrected chi connectivity index (χ0v) is 24.6.